The minimum Gasteiger partial charge on any atom is -0.381 e. The number of nitrogens with one attached hydrogen (secondary N) is 1. The van der Waals surface area contributed by atoms with E-state index >= 15 is 0 Å². The first-order chi connectivity index (χ1) is 7.59. The summed E-state index contributed by atoms with van der Waals surface area (Å²) in [4.78, 5) is 0. The molecule has 1 fully saturated rings. The van der Waals surface area contributed by atoms with E-state index in [1.807, 2.05) is 0 Å². The minimum absolute atomic E-state index is 0.322. The molecule has 16 heavy (non-hydrogen) atoms. The van der Waals surface area contributed by atoms with Crippen LogP contribution in [0, 0.1) is 11.8 Å². The third-order valence-electron chi connectivity index (χ3n) is 3.04. The molecule has 1 aliphatic heterocycles. The fourth-order valence-corrected chi connectivity index (χ4v) is 1.81. The van der Waals surface area contributed by atoms with E-state index in [9.17, 15) is 0 Å². The molecule has 96 valence electrons. The molecule has 3 heteroatoms. The highest BCUT2D eigenvalue weighted by Crippen LogP contribution is 2.15. The summed E-state index contributed by atoms with van der Waals surface area (Å²) in [5.74, 6) is 1.17. The van der Waals surface area contributed by atoms with Crippen molar-refractivity contribution < 1.29 is 9.47 Å². The molecule has 2 unspecified atom stereocenters. The van der Waals surface area contributed by atoms with E-state index in [4.69, 9.17) is 9.47 Å². The Hall–Kier alpha value is -0.120. The topological polar surface area (TPSA) is 30.5 Å². The Morgan fingerprint density at radius 1 is 1.31 bits per heavy atom. The largest absolute Gasteiger partial charge is 0.381 e. The molecule has 0 aromatic heterocycles. The van der Waals surface area contributed by atoms with Crippen LogP contribution in [-0.2, 0) is 9.47 Å². The van der Waals surface area contributed by atoms with Crippen molar-refractivity contribution >= 4 is 0 Å². The Morgan fingerprint density at radius 3 is 2.56 bits per heavy atom. The van der Waals surface area contributed by atoms with Crippen molar-refractivity contribution in [3.05, 3.63) is 0 Å². The quantitative estimate of drug-likeness (QED) is 0.725. The smallest absolute Gasteiger partial charge is 0.0722 e. The lowest BCUT2D eigenvalue weighted by molar-refractivity contribution is 0.000195. The van der Waals surface area contributed by atoms with Crippen LogP contribution in [0.25, 0.3) is 0 Å². The van der Waals surface area contributed by atoms with Crippen LogP contribution < -0.4 is 5.32 Å². The fourth-order valence-electron chi connectivity index (χ4n) is 1.81. The molecule has 1 saturated heterocycles. The highest BCUT2D eigenvalue weighted by atomic mass is 16.5. The van der Waals surface area contributed by atoms with Crippen LogP contribution >= 0.6 is 0 Å². The second kappa shape index (κ2) is 7.25. The summed E-state index contributed by atoms with van der Waals surface area (Å²) in [5.41, 5.74) is 0. The maximum absolute atomic E-state index is 6.00. The van der Waals surface area contributed by atoms with Gasteiger partial charge in [0.1, 0.15) is 0 Å². The Morgan fingerprint density at radius 2 is 2.06 bits per heavy atom. The molecule has 0 saturated carbocycles. The summed E-state index contributed by atoms with van der Waals surface area (Å²) in [6.07, 6.45) is 1.48. The van der Waals surface area contributed by atoms with E-state index in [0.29, 0.717) is 24.0 Å². The van der Waals surface area contributed by atoms with Crippen molar-refractivity contribution in [3.8, 4) is 0 Å². The van der Waals surface area contributed by atoms with Crippen molar-refractivity contribution in [2.45, 2.75) is 46.3 Å². The second-order valence-electron chi connectivity index (χ2n) is 5.41. The second-order valence-corrected chi connectivity index (χ2v) is 5.41. The third-order valence-corrected chi connectivity index (χ3v) is 3.04. The minimum atomic E-state index is 0.322. The van der Waals surface area contributed by atoms with Gasteiger partial charge in [0.2, 0.25) is 0 Å². The van der Waals surface area contributed by atoms with Gasteiger partial charge in [-0.1, -0.05) is 27.7 Å². The molecule has 1 aliphatic rings. The predicted octanol–water partition coefficient (Wildman–Crippen LogP) is 2.06. The molecule has 0 aromatic carbocycles. The Balaban J connectivity index is 2.21. The standard InChI is InChI=1S/C13H27NO2/c1-10(2)13(7-14-11(3)4)16-9-12-5-6-15-8-12/h10-14H,5-9H2,1-4H3. The molecular weight excluding hydrogens is 202 g/mol. The molecule has 1 N–H and O–H groups in total. The summed E-state index contributed by atoms with van der Waals surface area (Å²) < 4.78 is 11.3. The van der Waals surface area contributed by atoms with Gasteiger partial charge < -0.3 is 14.8 Å². The highest BCUT2D eigenvalue weighted by Gasteiger charge is 2.20. The molecule has 0 bridgehead atoms. The lowest BCUT2D eigenvalue weighted by atomic mass is 10.1. The van der Waals surface area contributed by atoms with Gasteiger partial charge in [-0.25, -0.2) is 0 Å². The first-order valence-corrected chi connectivity index (χ1v) is 6.52. The molecule has 2 atom stereocenters. The van der Waals surface area contributed by atoms with Crippen LogP contribution in [0.2, 0.25) is 0 Å². The first-order valence-electron chi connectivity index (χ1n) is 6.52. The van der Waals surface area contributed by atoms with Gasteiger partial charge in [0.05, 0.1) is 19.3 Å². The number of hydrogen-bond donors (Lipinski definition) is 1. The zero-order valence-corrected chi connectivity index (χ0v) is 11.2. The maximum atomic E-state index is 6.00. The van der Waals surface area contributed by atoms with Crippen molar-refractivity contribution in [2.75, 3.05) is 26.4 Å². The summed E-state index contributed by atoms with van der Waals surface area (Å²) in [7, 11) is 0. The maximum Gasteiger partial charge on any atom is 0.0722 e. The average molecular weight is 229 g/mol. The molecule has 0 aromatic rings. The molecule has 0 aliphatic carbocycles. The molecule has 1 heterocycles. The average Bonchev–Trinajstić information content (AvgIpc) is 2.69. The van der Waals surface area contributed by atoms with Gasteiger partial charge in [-0.3, -0.25) is 0 Å². The first kappa shape index (κ1) is 13.9. The van der Waals surface area contributed by atoms with Gasteiger partial charge >= 0.3 is 0 Å². The van der Waals surface area contributed by atoms with E-state index in [2.05, 4.69) is 33.0 Å². The van der Waals surface area contributed by atoms with Gasteiger partial charge in [0.15, 0.2) is 0 Å². The van der Waals surface area contributed by atoms with E-state index in [1.54, 1.807) is 0 Å². The summed E-state index contributed by atoms with van der Waals surface area (Å²) in [6, 6.07) is 0.527. The molecular formula is C13H27NO2. The highest BCUT2D eigenvalue weighted by molar-refractivity contribution is 4.70. The molecule has 1 rings (SSSR count). The SMILES string of the molecule is CC(C)NCC(OCC1CCOC1)C(C)C. The van der Waals surface area contributed by atoms with Gasteiger partial charge in [0.25, 0.3) is 0 Å². The molecule has 3 nitrogen and oxygen atoms in total. The Bertz CT molecular complexity index is 177. The number of ether oxygens (including phenoxy) is 2. The predicted molar refractivity (Wildman–Crippen MR) is 66.6 cm³/mol. The van der Waals surface area contributed by atoms with Crippen molar-refractivity contribution in [2.24, 2.45) is 11.8 Å². The van der Waals surface area contributed by atoms with Crippen molar-refractivity contribution in [1.82, 2.24) is 5.32 Å². The van der Waals surface area contributed by atoms with Crippen LogP contribution in [0.1, 0.15) is 34.1 Å². The van der Waals surface area contributed by atoms with Crippen LogP contribution in [-0.4, -0.2) is 38.5 Å². The van der Waals surface area contributed by atoms with E-state index in [-0.39, 0.29) is 0 Å². The van der Waals surface area contributed by atoms with Crippen LogP contribution in [0.4, 0.5) is 0 Å². The normalized spacial score (nSPS) is 23.2. The van der Waals surface area contributed by atoms with Crippen LogP contribution in [0.5, 0.6) is 0 Å². The summed E-state index contributed by atoms with van der Waals surface area (Å²) >= 11 is 0. The lowest BCUT2D eigenvalue weighted by Crippen LogP contribution is -2.37. The van der Waals surface area contributed by atoms with Crippen molar-refractivity contribution in [1.29, 1.82) is 0 Å². The van der Waals surface area contributed by atoms with E-state index in [1.165, 1.54) is 0 Å². The Labute approximate surface area is 99.9 Å². The monoisotopic (exact) mass is 229 g/mol. The van der Waals surface area contributed by atoms with Gasteiger partial charge in [-0.15, -0.1) is 0 Å². The number of hydrogen-bond acceptors (Lipinski definition) is 3. The van der Waals surface area contributed by atoms with Gasteiger partial charge in [-0.2, -0.15) is 0 Å². The molecule has 0 spiro atoms. The van der Waals surface area contributed by atoms with Gasteiger partial charge in [-0.05, 0) is 12.3 Å². The van der Waals surface area contributed by atoms with Gasteiger partial charge in [0, 0.05) is 25.1 Å². The zero-order valence-electron chi connectivity index (χ0n) is 11.2. The number of rotatable bonds is 7. The molecule has 0 radical (unpaired) electrons. The Kier molecular flexibility index (Phi) is 6.32. The zero-order chi connectivity index (χ0) is 12.0. The molecule has 0 amide bonds. The van der Waals surface area contributed by atoms with E-state index < -0.39 is 0 Å². The lowest BCUT2D eigenvalue weighted by Gasteiger charge is -2.24. The summed E-state index contributed by atoms with van der Waals surface area (Å²) in [5, 5.41) is 3.45. The fraction of sp³-hybridized carbons (Fsp3) is 1.00. The third kappa shape index (κ3) is 5.28. The van der Waals surface area contributed by atoms with E-state index in [0.717, 1.165) is 32.8 Å². The summed E-state index contributed by atoms with van der Waals surface area (Å²) in [6.45, 7) is 12.4. The van der Waals surface area contributed by atoms with Crippen LogP contribution in [0.3, 0.4) is 0 Å². The van der Waals surface area contributed by atoms with Crippen LogP contribution in [0.15, 0.2) is 0 Å². The van der Waals surface area contributed by atoms with Crippen molar-refractivity contribution in [3.63, 3.8) is 0 Å².